The highest BCUT2D eigenvalue weighted by molar-refractivity contribution is 5.87. The molecule has 0 aromatic heterocycles. The number of benzene rings is 2. The van der Waals surface area contributed by atoms with Gasteiger partial charge in [0.2, 0.25) is 0 Å². The van der Waals surface area contributed by atoms with E-state index in [1.54, 1.807) is 0 Å². The van der Waals surface area contributed by atoms with Crippen LogP contribution in [0.15, 0.2) is 60.7 Å². The first kappa shape index (κ1) is 22.9. The van der Waals surface area contributed by atoms with Crippen molar-refractivity contribution in [2.75, 3.05) is 19.7 Å². The van der Waals surface area contributed by atoms with Gasteiger partial charge in [0.05, 0.1) is 12.2 Å². The van der Waals surface area contributed by atoms with Crippen molar-refractivity contribution in [1.29, 1.82) is 0 Å². The zero-order valence-corrected chi connectivity index (χ0v) is 17.2. The van der Waals surface area contributed by atoms with Crippen LogP contribution in [0.4, 0.5) is 13.2 Å². The molecule has 1 aliphatic heterocycles. The SMILES string of the molecule is C=C(CCOc1cc(C(F)(F)F)ccc1C1CCNCC1)C(=O)OCc1ccccc1. The molecule has 166 valence electrons. The van der Waals surface area contributed by atoms with Crippen molar-refractivity contribution < 1.29 is 27.4 Å². The fraction of sp³-hybridized carbons (Fsp3) is 0.375. The summed E-state index contributed by atoms with van der Waals surface area (Å²) < 4.78 is 50.5. The van der Waals surface area contributed by atoms with Crippen molar-refractivity contribution in [1.82, 2.24) is 5.32 Å². The number of carbonyl (C=O) groups is 1. The molecule has 2 aromatic rings. The summed E-state index contributed by atoms with van der Waals surface area (Å²) in [5.41, 5.74) is 1.09. The van der Waals surface area contributed by atoms with Crippen molar-refractivity contribution in [3.8, 4) is 5.75 Å². The van der Waals surface area contributed by atoms with Crippen molar-refractivity contribution in [2.45, 2.75) is 38.0 Å². The fourth-order valence-corrected chi connectivity index (χ4v) is 3.52. The molecule has 1 saturated heterocycles. The molecule has 0 saturated carbocycles. The van der Waals surface area contributed by atoms with Gasteiger partial charge >= 0.3 is 12.1 Å². The van der Waals surface area contributed by atoms with Crippen LogP contribution >= 0.6 is 0 Å². The van der Waals surface area contributed by atoms with Crippen LogP contribution in [0.3, 0.4) is 0 Å². The second-order valence-corrected chi connectivity index (χ2v) is 7.54. The van der Waals surface area contributed by atoms with Gasteiger partial charge in [0.15, 0.2) is 0 Å². The molecule has 0 unspecified atom stereocenters. The molecular formula is C24H26F3NO3. The topological polar surface area (TPSA) is 47.6 Å². The van der Waals surface area contributed by atoms with Crippen LogP contribution < -0.4 is 10.1 Å². The van der Waals surface area contributed by atoms with Gasteiger partial charge in [0, 0.05) is 12.0 Å². The maximum Gasteiger partial charge on any atom is 0.416 e. The summed E-state index contributed by atoms with van der Waals surface area (Å²) in [5, 5.41) is 3.25. The molecule has 0 atom stereocenters. The number of rotatable bonds is 8. The number of ether oxygens (including phenoxy) is 2. The van der Waals surface area contributed by atoms with Crippen LogP contribution in [0.5, 0.6) is 5.75 Å². The lowest BCUT2D eigenvalue weighted by molar-refractivity contribution is -0.140. The summed E-state index contributed by atoms with van der Waals surface area (Å²) >= 11 is 0. The van der Waals surface area contributed by atoms with Crippen LogP contribution in [-0.4, -0.2) is 25.7 Å². The van der Waals surface area contributed by atoms with Crippen molar-refractivity contribution >= 4 is 5.97 Å². The molecule has 0 aliphatic carbocycles. The van der Waals surface area contributed by atoms with Gasteiger partial charge in [-0.05, 0) is 55.1 Å². The summed E-state index contributed by atoms with van der Waals surface area (Å²) in [6.45, 7) is 5.53. The molecule has 1 aliphatic rings. The average molecular weight is 433 g/mol. The van der Waals surface area contributed by atoms with E-state index in [1.807, 2.05) is 30.3 Å². The van der Waals surface area contributed by atoms with E-state index in [4.69, 9.17) is 9.47 Å². The van der Waals surface area contributed by atoms with Gasteiger partial charge in [-0.15, -0.1) is 0 Å². The Morgan fingerprint density at radius 3 is 2.48 bits per heavy atom. The maximum absolute atomic E-state index is 13.2. The average Bonchev–Trinajstić information content (AvgIpc) is 2.78. The van der Waals surface area contributed by atoms with E-state index < -0.39 is 17.7 Å². The number of esters is 1. The van der Waals surface area contributed by atoms with E-state index >= 15 is 0 Å². The summed E-state index contributed by atoms with van der Waals surface area (Å²) in [4.78, 5) is 12.1. The molecule has 1 fully saturated rings. The predicted molar refractivity (Wildman–Crippen MR) is 112 cm³/mol. The lowest BCUT2D eigenvalue weighted by Gasteiger charge is -2.25. The lowest BCUT2D eigenvalue weighted by atomic mass is 9.89. The molecule has 0 bridgehead atoms. The minimum absolute atomic E-state index is 0.0402. The Morgan fingerprint density at radius 1 is 1.10 bits per heavy atom. The predicted octanol–water partition coefficient (Wildman–Crippen LogP) is 5.24. The third-order valence-electron chi connectivity index (χ3n) is 5.28. The number of carbonyl (C=O) groups excluding carboxylic acids is 1. The normalized spacial score (nSPS) is 14.8. The van der Waals surface area contributed by atoms with E-state index in [0.29, 0.717) is 0 Å². The Morgan fingerprint density at radius 2 is 1.81 bits per heavy atom. The van der Waals surface area contributed by atoms with Crippen LogP contribution in [0.2, 0.25) is 0 Å². The van der Waals surface area contributed by atoms with Crippen molar-refractivity contribution in [3.63, 3.8) is 0 Å². The summed E-state index contributed by atoms with van der Waals surface area (Å²) in [5.74, 6) is -0.195. The molecule has 31 heavy (non-hydrogen) atoms. The molecule has 4 nitrogen and oxygen atoms in total. The molecule has 0 spiro atoms. The molecule has 3 rings (SSSR count). The summed E-state index contributed by atoms with van der Waals surface area (Å²) in [6, 6.07) is 12.9. The highest BCUT2D eigenvalue weighted by atomic mass is 19.4. The molecule has 7 heteroatoms. The molecule has 0 amide bonds. The zero-order valence-electron chi connectivity index (χ0n) is 17.2. The smallest absolute Gasteiger partial charge is 0.416 e. The van der Waals surface area contributed by atoms with E-state index in [2.05, 4.69) is 11.9 Å². The zero-order chi connectivity index (χ0) is 22.3. The molecule has 1 heterocycles. The quantitative estimate of drug-likeness (QED) is 0.457. The van der Waals surface area contributed by atoms with Gasteiger partial charge in [0.1, 0.15) is 12.4 Å². The first-order chi connectivity index (χ1) is 14.8. The van der Waals surface area contributed by atoms with Gasteiger partial charge in [-0.1, -0.05) is 43.0 Å². The minimum Gasteiger partial charge on any atom is -0.493 e. The van der Waals surface area contributed by atoms with Crippen molar-refractivity contribution in [2.24, 2.45) is 0 Å². The fourth-order valence-electron chi connectivity index (χ4n) is 3.52. The minimum atomic E-state index is -4.45. The van der Waals surface area contributed by atoms with E-state index in [9.17, 15) is 18.0 Å². The molecular weight excluding hydrogens is 407 g/mol. The number of halogens is 3. The molecule has 1 N–H and O–H groups in total. The van der Waals surface area contributed by atoms with E-state index in [0.717, 1.165) is 49.2 Å². The second-order valence-electron chi connectivity index (χ2n) is 7.54. The van der Waals surface area contributed by atoms with E-state index in [-0.39, 0.29) is 36.9 Å². The number of nitrogens with one attached hydrogen (secondary N) is 1. The lowest BCUT2D eigenvalue weighted by Crippen LogP contribution is -2.27. The van der Waals surface area contributed by atoms with Crippen LogP contribution in [-0.2, 0) is 22.3 Å². The molecule has 0 radical (unpaired) electrons. The number of hydrogen-bond acceptors (Lipinski definition) is 4. The van der Waals surface area contributed by atoms with Crippen molar-refractivity contribution in [3.05, 3.63) is 77.4 Å². The van der Waals surface area contributed by atoms with Crippen LogP contribution in [0, 0.1) is 0 Å². The standard InChI is InChI=1S/C24H26F3NO3/c1-17(23(29)31-16-18-5-3-2-4-6-18)11-14-30-22-15-20(24(25,26)27)7-8-21(22)19-9-12-28-13-10-19/h2-8,15,19,28H,1,9-14,16H2. The van der Waals surface area contributed by atoms with Gasteiger partial charge in [-0.2, -0.15) is 13.2 Å². The van der Waals surface area contributed by atoms with E-state index in [1.165, 1.54) is 6.07 Å². The van der Waals surface area contributed by atoms with Crippen LogP contribution in [0.25, 0.3) is 0 Å². The Hall–Kier alpha value is -2.80. The first-order valence-corrected chi connectivity index (χ1v) is 10.3. The van der Waals surface area contributed by atoms with Gasteiger partial charge in [0.25, 0.3) is 0 Å². The maximum atomic E-state index is 13.2. The summed E-state index contributed by atoms with van der Waals surface area (Å²) in [6.07, 6.45) is -2.62. The Labute approximate surface area is 180 Å². The van der Waals surface area contributed by atoms with Gasteiger partial charge in [-0.25, -0.2) is 4.79 Å². The van der Waals surface area contributed by atoms with Gasteiger partial charge in [-0.3, -0.25) is 0 Å². The number of alkyl halides is 3. The first-order valence-electron chi connectivity index (χ1n) is 10.3. The Kier molecular flexibility index (Phi) is 7.74. The van der Waals surface area contributed by atoms with Crippen LogP contribution in [0.1, 0.15) is 41.9 Å². The Bertz CT molecular complexity index is 891. The largest absolute Gasteiger partial charge is 0.493 e. The highest BCUT2D eigenvalue weighted by Gasteiger charge is 2.32. The molecule has 2 aromatic carbocycles. The third-order valence-corrected chi connectivity index (χ3v) is 5.28. The van der Waals surface area contributed by atoms with Gasteiger partial charge < -0.3 is 14.8 Å². The number of hydrogen-bond donors (Lipinski definition) is 1. The summed E-state index contributed by atoms with van der Waals surface area (Å²) in [7, 11) is 0. The third kappa shape index (κ3) is 6.59. The monoisotopic (exact) mass is 433 g/mol. The number of piperidine rings is 1. The highest BCUT2D eigenvalue weighted by Crippen LogP contribution is 2.38. The second kappa shape index (κ2) is 10.5. The Balaban J connectivity index is 1.59.